The number of amides is 3. The Kier molecular flexibility index (Phi) is 6.51. The van der Waals surface area contributed by atoms with Crippen LogP contribution in [-0.4, -0.2) is 50.2 Å². The molecule has 0 bridgehead atoms. The van der Waals surface area contributed by atoms with Crippen LogP contribution in [0.2, 0.25) is 5.02 Å². The molecule has 0 atom stereocenters. The molecule has 7 nitrogen and oxygen atoms in total. The summed E-state index contributed by atoms with van der Waals surface area (Å²) in [6.07, 6.45) is 1.29. The van der Waals surface area contributed by atoms with Gasteiger partial charge in [0.05, 0.1) is 19.3 Å². The molecule has 0 aliphatic carbocycles. The predicted octanol–water partition coefficient (Wildman–Crippen LogP) is 3.70. The third kappa shape index (κ3) is 4.88. The van der Waals surface area contributed by atoms with Crippen molar-refractivity contribution in [3.63, 3.8) is 0 Å². The number of halogens is 1. The van der Waals surface area contributed by atoms with Crippen LogP contribution in [0.1, 0.15) is 18.4 Å². The molecule has 2 heterocycles. The van der Waals surface area contributed by atoms with E-state index in [0.29, 0.717) is 62.1 Å². The van der Waals surface area contributed by atoms with E-state index in [4.69, 9.17) is 21.1 Å². The Hall–Kier alpha value is -2.93. The summed E-state index contributed by atoms with van der Waals surface area (Å²) in [5, 5.41) is 3.57. The number of benzene rings is 2. The second kappa shape index (κ2) is 9.47. The normalized spacial score (nSPS) is 16.3. The molecule has 2 aliphatic heterocycles. The number of methoxy groups -OCH3 is 1. The average Bonchev–Trinajstić information content (AvgIpc) is 2.82. The van der Waals surface area contributed by atoms with Gasteiger partial charge < -0.3 is 19.7 Å². The minimum atomic E-state index is -0.0891. The van der Waals surface area contributed by atoms with E-state index in [9.17, 15) is 9.59 Å². The molecule has 0 unspecified atom stereocenters. The van der Waals surface area contributed by atoms with Gasteiger partial charge in [-0.05, 0) is 48.7 Å². The van der Waals surface area contributed by atoms with E-state index >= 15 is 0 Å². The highest BCUT2D eigenvalue weighted by Gasteiger charge is 2.32. The quantitative estimate of drug-likeness (QED) is 0.782. The predicted molar refractivity (Wildman–Crippen MR) is 119 cm³/mol. The van der Waals surface area contributed by atoms with Crippen molar-refractivity contribution in [3.05, 3.63) is 53.1 Å². The molecule has 8 heteroatoms. The highest BCUT2D eigenvalue weighted by molar-refractivity contribution is 6.31. The molecule has 31 heavy (non-hydrogen) atoms. The maximum absolute atomic E-state index is 13.1. The number of fused-ring (bicyclic) bond motifs is 1. The van der Waals surface area contributed by atoms with Crippen LogP contribution in [0, 0.1) is 5.92 Å². The molecule has 4 rings (SSSR count). The fraction of sp³-hybridized carbons (Fsp3) is 0.391. The zero-order chi connectivity index (χ0) is 21.8. The first-order chi connectivity index (χ1) is 15.0. The van der Waals surface area contributed by atoms with Crippen molar-refractivity contribution in [2.24, 2.45) is 5.92 Å². The van der Waals surface area contributed by atoms with Gasteiger partial charge in [0.25, 0.3) is 0 Å². The Labute approximate surface area is 186 Å². The lowest BCUT2D eigenvalue weighted by molar-refractivity contribution is -0.126. The summed E-state index contributed by atoms with van der Waals surface area (Å²) in [6.45, 7) is 2.51. The van der Waals surface area contributed by atoms with E-state index in [-0.39, 0.29) is 17.9 Å². The van der Waals surface area contributed by atoms with Crippen LogP contribution in [-0.2, 0) is 11.3 Å². The van der Waals surface area contributed by atoms with Crippen LogP contribution < -0.4 is 19.7 Å². The van der Waals surface area contributed by atoms with Gasteiger partial charge in [0.2, 0.25) is 5.91 Å². The highest BCUT2D eigenvalue weighted by Crippen LogP contribution is 2.35. The summed E-state index contributed by atoms with van der Waals surface area (Å²) in [5.74, 6) is 1.40. The van der Waals surface area contributed by atoms with Crippen molar-refractivity contribution in [2.45, 2.75) is 19.4 Å². The monoisotopic (exact) mass is 443 g/mol. The van der Waals surface area contributed by atoms with Crippen molar-refractivity contribution in [3.8, 4) is 11.5 Å². The number of carbonyl (C=O) groups is 2. The van der Waals surface area contributed by atoms with Crippen LogP contribution >= 0.6 is 11.6 Å². The maximum Gasteiger partial charge on any atom is 0.324 e. The lowest BCUT2D eigenvalue weighted by Crippen LogP contribution is -2.50. The van der Waals surface area contributed by atoms with E-state index < -0.39 is 0 Å². The molecule has 2 aromatic rings. The lowest BCUT2D eigenvalue weighted by atomic mass is 9.96. The molecular formula is C23H26ClN3O4. The number of hydrogen-bond donors (Lipinski definition) is 1. The maximum atomic E-state index is 13.1. The fourth-order valence-corrected chi connectivity index (χ4v) is 4.14. The summed E-state index contributed by atoms with van der Waals surface area (Å²) in [5.41, 5.74) is 1.72. The SMILES string of the molecule is COc1ccc(CNC(=O)C2CCN(C(=O)N3CCOc4ccc(Cl)cc43)CC2)cc1. The number of nitrogens with one attached hydrogen (secondary N) is 1. The van der Waals surface area contributed by atoms with Gasteiger partial charge in [-0.25, -0.2) is 4.79 Å². The van der Waals surface area contributed by atoms with Gasteiger partial charge in [0, 0.05) is 30.6 Å². The fourth-order valence-electron chi connectivity index (χ4n) is 3.97. The summed E-state index contributed by atoms with van der Waals surface area (Å²) in [4.78, 5) is 29.2. The summed E-state index contributed by atoms with van der Waals surface area (Å²) in [6, 6.07) is 12.9. The zero-order valence-corrected chi connectivity index (χ0v) is 18.2. The van der Waals surface area contributed by atoms with Crippen molar-refractivity contribution in [1.29, 1.82) is 0 Å². The van der Waals surface area contributed by atoms with Crippen molar-refractivity contribution in [2.75, 3.05) is 38.3 Å². The third-order valence-electron chi connectivity index (χ3n) is 5.78. The molecule has 0 saturated carbocycles. The average molecular weight is 444 g/mol. The van der Waals surface area contributed by atoms with Crippen LogP contribution in [0.15, 0.2) is 42.5 Å². The first-order valence-corrected chi connectivity index (χ1v) is 10.8. The topological polar surface area (TPSA) is 71.1 Å². The molecule has 0 radical (unpaired) electrons. The first kappa shape index (κ1) is 21.3. The number of piperidine rings is 1. The second-order valence-corrected chi connectivity index (χ2v) is 8.16. The third-order valence-corrected chi connectivity index (χ3v) is 6.01. The number of hydrogen-bond acceptors (Lipinski definition) is 4. The number of urea groups is 1. The Morgan fingerprint density at radius 2 is 1.87 bits per heavy atom. The van der Waals surface area contributed by atoms with Gasteiger partial charge in [-0.2, -0.15) is 0 Å². The molecule has 3 amide bonds. The van der Waals surface area contributed by atoms with Gasteiger partial charge >= 0.3 is 6.03 Å². The van der Waals surface area contributed by atoms with Gasteiger partial charge in [0.15, 0.2) is 0 Å². The van der Waals surface area contributed by atoms with Crippen molar-refractivity contribution in [1.82, 2.24) is 10.2 Å². The first-order valence-electron chi connectivity index (χ1n) is 10.4. The van der Waals surface area contributed by atoms with Crippen LogP contribution in [0.5, 0.6) is 11.5 Å². The zero-order valence-electron chi connectivity index (χ0n) is 17.5. The van der Waals surface area contributed by atoms with Crippen molar-refractivity contribution < 1.29 is 19.1 Å². The summed E-state index contributed by atoms with van der Waals surface area (Å²) < 4.78 is 10.8. The second-order valence-electron chi connectivity index (χ2n) is 7.72. The molecule has 0 aromatic heterocycles. The molecule has 1 N–H and O–H groups in total. The molecular weight excluding hydrogens is 418 g/mol. The minimum absolute atomic E-state index is 0.0337. The van der Waals surface area contributed by atoms with E-state index in [1.165, 1.54) is 0 Å². The number of likely N-dealkylation sites (tertiary alicyclic amines) is 1. The van der Waals surface area contributed by atoms with Gasteiger partial charge in [-0.1, -0.05) is 23.7 Å². The van der Waals surface area contributed by atoms with Crippen LogP contribution in [0.4, 0.5) is 10.5 Å². The number of ether oxygens (including phenoxy) is 2. The van der Waals surface area contributed by atoms with Gasteiger partial charge in [-0.3, -0.25) is 9.69 Å². The number of nitrogens with zero attached hydrogens (tertiary/aromatic N) is 2. The Balaban J connectivity index is 1.30. The standard InChI is InChI=1S/C23H26ClN3O4/c1-30-19-5-2-16(3-6-19)15-25-22(28)17-8-10-26(11-9-17)23(29)27-12-13-31-21-7-4-18(24)14-20(21)27/h2-7,14,17H,8-13,15H2,1H3,(H,25,28). The van der Waals surface area contributed by atoms with E-state index in [1.807, 2.05) is 29.2 Å². The van der Waals surface area contributed by atoms with Crippen molar-refractivity contribution >= 4 is 29.2 Å². The Morgan fingerprint density at radius 1 is 1.13 bits per heavy atom. The molecule has 164 valence electrons. The Morgan fingerprint density at radius 3 is 2.58 bits per heavy atom. The number of carbonyl (C=O) groups excluding carboxylic acids is 2. The molecule has 0 spiro atoms. The summed E-state index contributed by atoms with van der Waals surface area (Å²) in [7, 11) is 1.63. The minimum Gasteiger partial charge on any atom is -0.497 e. The van der Waals surface area contributed by atoms with E-state index in [1.54, 1.807) is 30.2 Å². The highest BCUT2D eigenvalue weighted by atomic mass is 35.5. The molecule has 1 fully saturated rings. The van der Waals surface area contributed by atoms with Crippen LogP contribution in [0.3, 0.4) is 0 Å². The van der Waals surface area contributed by atoms with Gasteiger partial charge in [0.1, 0.15) is 18.1 Å². The van der Waals surface area contributed by atoms with Crippen LogP contribution in [0.25, 0.3) is 0 Å². The smallest absolute Gasteiger partial charge is 0.324 e. The molecule has 1 saturated heterocycles. The van der Waals surface area contributed by atoms with E-state index in [0.717, 1.165) is 11.3 Å². The molecule has 2 aromatic carbocycles. The number of anilines is 1. The number of rotatable bonds is 4. The molecule has 2 aliphatic rings. The van der Waals surface area contributed by atoms with E-state index in [2.05, 4.69) is 5.32 Å². The Bertz CT molecular complexity index is 942. The largest absolute Gasteiger partial charge is 0.497 e. The summed E-state index contributed by atoms with van der Waals surface area (Å²) >= 11 is 6.12. The lowest BCUT2D eigenvalue weighted by Gasteiger charge is -2.37. The van der Waals surface area contributed by atoms with Gasteiger partial charge in [-0.15, -0.1) is 0 Å².